The predicted octanol–water partition coefficient (Wildman–Crippen LogP) is 4.24. The van der Waals surface area contributed by atoms with Gasteiger partial charge in [-0.25, -0.2) is 0 Å². The molecule has 4 rings (SSSR count). The van der Waals surface area contributed by atoms with E-state index in [2.05, 4.69) is 10.5 Å². The number of methoxy groups -OCH3 is 1. The Labute approximate surface area is 210 Å². The number of anilines is 2. The van der Waals surface area contributed by atoms with E-state index in [1.165, 1.54) is 18.9 Å². The van der Waals surface area contributed by atoms with Crippen LogP contribution in [0.15, 0.2) is 84.0 Å². The number of esters is 1. The van der Waals surface area contributed by atoms with E-state index in [9.17, 15) is 29.8 Å². The van der Waals surface area contributed by atoms with E-state index in [4.69, 9.17) is 4.74 Å². The smallest absolute Gasteiger partial charge is 0.320 e. The number of nitrogens with zero attached hydrogens (tertiary/aromatic N) is 4. The third kappa shape index (κ3) is 4.35. The number of hydrogen-bond donors (Lipinski definition) is 1. The minimum Gasteiger partial charge on any atom is -0.468 e. The van der Waals surface area contributed by atoms with Gasteiger partial charge in [0.1, 0.15) is 16.8 Å². The van der Waals surface area contributed by atoms with Crippen LogP contribution in [0.3, 0.4) is 0 Å². The minimum absolute atomic E-state index is 0.197. The van der Waals surface area contributed by atoms with E-state index in [0.717, 1.165) is 18.2 Å². The average Bonchev–Trinajstić information content (AvgIpc) is 3.14. The van der Waals surface area contributed by atoms with E-state index in [1.807, 2.05) is 0 Å². The molecule has 188 valence electrons. The molecular formula is C25H21N5O7. The Morgan fingerprint density at radius 3 is 2.19 bits per heavy atom. The van der Waals surface area contributed by atoms with Crippen LogP contribution in [-0.2, 0) is 14.3 Å². The summed E-state index contributed by atoms with van der Waals surface area (Å²) in [4.78, 5) is 49.6. The lowest BCUT2D eigenvalue weighted by Gasteiger charge is -2.32. The maximum Gasteiger partial charge on any atom is 0.320 e. The molecule has 0 bridgehead atoms. The van der Waals surface area contributed by atoms with Crippen molar-refractivity contribution in [3.8, 4) is 0 Å². The molecule has 1 N–H and O–H groups in total. The van der Waals surface area contributed by atoms with Crippen molar-refractivity contribution in [1.82, 2.24) is 0 Å². The molecule has 1 saturated heterocycles. The predicted molar refractivity (Wildman–Crippen MR) is 134 cm³/mol. The number of non-ortho nitro benzene ring substituents is 1. The summed E-state index contributed by atoms with van der Waals surface area (Å²) >= 11 is 0. The molecule has 1 fully saturated rings. The van der Waals surface area contributed by atoms with Crippen molar-refractivity contribution >= 4 is 40.3 Å². The Morgan fingerprint density at radius 2 is 1.62 bits per heavy atom. The minimum atomic E-state index is -1.63. The third-order valence-corrected chi connectivity index (χ3v) is 6.15. The fraction of sp³-hybridized carbons (Fsp3) is 0.160. The Bertz CT molecular complexity index is 1410. The highest BCUT2D eigenvalue weighted by molar-refractivity contribution is 6.51. The molecule has 12 heteroatoms. The van der Waals surface area contributed by atoms with Gasteiger partial charge in [-0.3, -0.25) is 40.1 Å². The van der Waals surface area contributed by atoms with Gasteiger partial charge in [0.15, 0.2) is 0 Å². The molecule has 37 heavy (non-hydrogen) atoms. The number of nitro benzene ring substituents is 2. The van der Waals surface area contributed by atoms with Crippen LogP contribution >= 0.6 is 0 Å². The van der Waals surface area contributed by atoms with Gasteiger partial charge in [-0.2, -0.15) is 5.10 Å². The van der Waals surface area contributed by atoms with E-state index in [1.54, 1.807) is 60.7 Å². The summed E-state index contributed by atoms with van der Waals surface area (Å²) in [5.74, 6) is -1.36. The number of hydrazone groups is 1. The first-order valence-corrected chi connectivity index (χ1v) is 11.0. The number of carbonyl (C=O) groups is 2. The topological polar surface area (TPSA) is 157 Å². The first-order valence-electron chi connectivity index (χ1n) is 11.0. The molecule has 3 aromatic carbocycles. The van der Waals surface area contributed by atoms with Gasteiger partial charge < -0.3 is 4.74 Å². The number of ether oxygens (including phenoxy) is 1. The summed E-state index contributed by atoms with van der Waals surface area (Å²) < 4.78 is 5.10. The lowest BCUT2D eigenvalue weighted by molar-refractivity contribution is -0.393. The zero-order valence-corrected chi connectivity index (χ0v) is 19.7. The molecule has 2 atom stereocenters. The lowest BCUT2D eigenvalue weighted by Crippen LogP contribution is -2.40. The van der Waals surface area contributed by atoms with Crippen molar-refractivity contribution in [2.24, 2.45) is 10.5 Å². The molecule has 1 amide bonds. The van der Waals surface area contributed by atoms with Gasteiger partial charge in [0.05, 0.1) is 29.1 Å². The van der Waals surface area contributed by atoms with Crippen molar-refractivity contribution in [2.45, 2.75) is 13.0 Å². The zero-order valence-electron chi connectivity index (χ0n) is 19.7. The summed E-state index contributed by atoms with van der Waals surface area (Å²) in [7, 11) is 1.19. The largest absolute Gasteiger partial charge is 0.468 e. The highest BCUT2D eigenvalue weighted by Gasteiger charge is 2.61. The third-order valence-electron chi connectivity index (χ3n) is 6.15. The van der Waals surface area contributed by atoms with Crippen molar-refractivity contribution in [3.63, 3.8) is 0 Å². The van der Waals surface area contributed by atoms with E-state index in [0.29, 0.717) is 11.3 Å². The van der Waals surface area contributed by atoms with Gasteiger partial charge in [0, 0.05) is 11.8 Å². The lowest BCUT2D eigenvalue weighted by atomic mass is 9.77. The molecule has 0 saturated carbocycles. The number of hydrogen-bond acceptors (Lipinski definition) is 9. The monoisotopic (exact) mass is 503 g/mol. The number of nitrogens with one attached hydrogen (secondary N) is 1. The number of amides is 1. The van der Waals surface area contributed by atoms with E-state index >= 15 is 0 Å². The van der Waals surface area contributed by atoms with E-state index in [-0.39, 0.29) is 11.4 Å². The maximum absolute atomic E-state index is 13.8. The molecule has 0 spiro atoms. The van der Waals surface area contributed by atoms with Crippen LogP contribution in [0.2, 0.25) is 0 Å². The highest BCUT2D eigenvalue weighted by atomic mass is 16.6. The number of para-hydroxylation sites is 1. The number of carbonyl (C=O) groups excluding carboxylic acids is 2. The Morgan fingerprint density at radius 1 is 1.00 bits per heavy atom. The summed E-state index contributed by atoms with van der Waals surface area (Å²) in [5.41, 5.74) is 0.437. The van der Waals surface area contributed by atoms with Crippen molar-refractivity contribution in [3.05, 3.63) is 105 Å². The second-order valence-electron chi connectivity index (χ2n) is 8.31. The molecule has 1 heterocycles. The number of nitro groups is 2. The van der Waals surface area contributed by atoms with Crippen LogP contribution in [0, 0.1) is 25.6 Å². The van der Waals surface area contributed by atoms with Crippen LogP contribution < -0.4 is 10.3 Å². The Hall–Kier alpha value is -5.13. The zero-order chi connectivity index (χ0) is 26.7. The molecule has 0 aromatic heterocycles. The molecule has 3 aromatic rings. The van der Waals surface area contributed by atoms with Gasteiger partial charge in [0.2, 0.25) is 0 Å². The Kier molecular flexibility index (Phi) is 6.65. The number of rotatable bonds is 7. The molecule has 12 nitrogen and oxygen atoms in total. The highest BCUT2D eigenvalue weighted by Crippen LogP contribution is 2.49. The van der Waals surface area contributed by atoms with Gasteiger partial charge in [-0.1, -0.05) is 48.5 Å². The number of benzene rings is 3. The quantitative estimate of drug-likeness (QED) is 0.285. The maximum atomic E-state index is 13.8. The molecule has 1 aliphatic rings. The van der Waals surface area contributed by atoms with Crippen molar-refractivity contribution < 1.29 is 24.2 Å². The van der Waals surface area contributed by atoms with Crippen LogP contribution in [0.5, 0.6) is 0 Å². The van der Waals surface area contributed by atoms with E-state index < -0.39 is 44.6 Å². The first kappa shape index (κ1) is 25.0. The summed E-state index contributed by atoms with van der Waals surface area (Å²) in [6.45, 7) is 1.52. The van der Waals surface area contributed by atoms with Crippen molar-refractivity contribution in [2.75, 3.05) is 17.4 Å². The fourth-order valence-electron chi connectivity index (χ4n) is 4.39. The molecular weight excluding hydrogens is 482 g/mol. The SMILES string of the molecule is COC(=O)[C@@]1(C)/C(=N/Nc2ccc([N+](=O)[O-])cc2[N+](=O)[O-])C(=O)N(c2ccccc2)[C@H]1c1ccccc1. The van der Waals surface area contributed by atoms with Gasteiger partial charge in [-0.05, 0) is 30.7 Å². The van der Waals surface area contributed by atoms with Crippen molar-refractivity contribution in [1.29, 1.82) is 0 Å². The first-order chi connectivity index (χ1) is 17.7. The summed E-state index contributed by atoms with van der Waals surface area (Å²) in [6.07, 6.45) is 0. The molecule has 0 unspecified atom stereocenters. The van der Waals surface area contributed by atoms with Crippen LogP contribution in [0.1, 0.15) is 18.5 Å². The Balaban J connectivity index is 1.89. The molecule has 1 aliphatic heterocycles. The standard InChI is InChI=1S/C25H21N5O7/c1-25(24(32)37-2)21(27-26-19-14-13-18(29(33)34)15-20(19)30(35)36)23(31)28(17-11-7-4-8-12-17)22(25)16-9-5-3-6-10-16/h3-15,22,26H,1-2H3/b27-21+/t22-,25-/m0/s1. The van der Waals surface area contributed by atoms with Crippen LogP contribution in [0.4, 0.5) is 22.7 Å². The van der Waals surface area contributed by atoms with Gasteiger partial charge in [0.25, 0.3) is 11.6 Å². The fourth-order valence-corrected chi connectivity index (χ4v) is 4.39. The van der Waals surface area contributed by atoms with Gasteiger partial charge >= 0.3 is 11.7 Å². The van der Waals surface area contributed by atoms with Crippen LogP contribution in [-0.4, -0.2) is 34.5 Å². The second kappa shape index (κ2) is 9.85. The summed E-state index contributed by atoms with van der Waals surface area (Å²) in [5, 5.41) is 26.8. The molecule has 0 radical (unpaired) electrons. The second-order valence-corrected chi connectivity index (χ2v) is 8.31. The summed E-state index contributed by atoms with van der Waals surface area (Å²) in [6, 6.07) is 19.7. The normalized spacial score (nSPS) is 20.1. The van der Waals surface area contributed by atoms with Gasteiger partial charge in [-0.15, -0.1) is 0 Å². The molecule has 0 aliphatic carbocycles. The van der Waals surface area contributed by atoms with Crippen LogP contribution in [0.25, 0.3) is 0 Å². The average molecular weight is 503 g/mol.